The van der Waals surface area contributed by atoms with E-state index in [0.717, 1.165) is 55.1 Å². The van der Waals surface area contributed by atoms with Crippen molar-refractivity contribution in [1.82, 2.24) is 4.98 Å². The number of benzene rings is 1. The Morgan fingerprint density at radius 2 is 2.00 bits per heavy atom. The van der Waals surface area contributed by atoms with Crippen LogP contribution in [-0.4, -0.2) is 36.7 Å². The van der Waals surface area contributed by atoms with E-state index in [1.165, 1.54) is 24.9 Å². The quantitative estimate of drug-likeness (QED) is 0.829. The summed E-state index contributed by atoms with van der Waals surface area (Å²) >= 11 is 0. The van der Waals surface area contributed by atoms with E-state index in [-0.39, 0.29) is 12.0 Å². The lowest BCUT2D eigenvalue weighted by atomic mass is 10.1. The van der Waals surface area contributed by atoms with Gasteiger partial charge in [-0.05, 0) is 62.8 Å². The van der Waals surface area contributed by atoms with E-state index in [2.05, 4.69) is 33.4 Å². The van der Waals surface area contributed by atoms with Gasteiger partial charge in [-0.2, -0.15) is 0 Å². The Morgan fingerprint density at radius 3 is 2.83 bits per heavy atom. The van der Waals surface area contributed by atoms with E-state index in [1.54, 1.807) is 6.20 Å². The number of amides is 1. The summed E-state index contributed by atoms with van der Waals surface area (Å²) in [5.74, 6) is 0.875. The minimum Gasteiger partial charge on any atom is -0.371 e. The minimum atomic E-state index is -0.353. The Bertz CT molecular complexity index is 888. The van der Waals surface area contributed by atoms with Crippen LogP contribution in [0.1, 0.15) is 44.1 Å². The van der Waals surface area contributed by atoms with E-state index in [4.69, 9.17) is 4.74 Å². The molecule has 4 heterocycles. The predicted octanol–water partition coefficient (Wildman–Crippen LogP) is 4.23. The fraction of sp³-hybridized carbons (Fsp3) is 0.478. The SMILES string of the molecule is O=C([C@H]1CCCCO1)N1Cc2cccnc2Nc2ccc(N3CCCCC3)cc21. The van der Waals surface area contributed by atoms with Gasteiger partial charge in [-0.25, -0.2) is 4.98 Å². The Kier molecular flexibility index (Phi) is 5.10. The molecule has 1 aromatic carbocycles. The lowest BCUT2D eigenvalue weighted by molar-refractivity contribution is -0.132. The van der Waals surface area contributed by atoms with Gasteiger partial charge in [-0.1, -0.05) is 6.07 Å². The highest BCUT2D eigenvalue weighted by molar-refractivity contribution is 6.01. The Hall–Kier alpha value is -2.60. The molecule has 152 valence electrons. The van der Waals surface area contributed by atoms with Gasteiger partial charge >= 0.3 is 0 Å². The molecule has 0 unspecified atom stereocenters. The molecule has 3 aliphatic heterocycles. The molecular formula is C23H28N4O2. The summed E-state index contributed by atoms with van der Waals surface area (Å²) in [4.78, 5) is 22.3. The molecule has 29 heavy (non-hydrogen) atoms. The molecule has 2 aromatic rings. The zero-order valence-corrected chi connectivity index (χ0v) is 16.8. The fourth-order valence-corrected chi connectivity index (χ4v) is 4.57. The fourth-order valence-electron chi connectivity index (χ4n) is 4.57. The van der Waals surface area contributed by atoms with Crippen molar-refractivity contribution < 1.29 is 9.53 Å². The number of carbonyl (C=O) groups excluding carboxylic acids is 1. The molecule has 5 rings (SSSR count). The van der Waals surface area contributed by atoms with Crippen LogP contribution < -0.4 is 15.1 Å². The average Bonchev–Trinajstić information content (AvgIpc) is 2.96. The molecule has 3 aliphatic rings. The maximum Gasteiger partial charge on any atom is 0.256 e. The summed E-state index contributed by atoms with van der Waals surface area (Å²) in [6.45, 7) is 3.33. The Morgan fingerprint density at radius 1 is 1.10 bits per heavy atom. The third kappa shape index (κ3) is 3.69. The van der Waals surface area contributed by atoms with Gasteiger partial charge < -0.3 is 19.9 Å². The molecular weight excluding hydrogens is 364 g/mol. The maximum absolute atomic E-state index is 13.5. The number of ether oxygens (including phenoxy) is 1. The van der Waals surface area contributed by atoms with Crippen LogP contribution in [0, 0.1) is 0 Å². The van der Waals surface area contributed by atoms with E-state index in [1.807, 2.05) is 17.0 Å². The number of anilines is 4. The molecule has 1 atom stereocenters. The lowest BCUT2D eigenvalue weighted by Crippen LogP contribution is -2.41. The number of rotatable bonds is 2. The number of nitrogens with one attached hydrogen (secondary N) is 1. The van der Waals surface area contributed by atoms with Crippen molar-refractivity contribution in [1.29, 1.82) is 0 Å². The summed E-state index contributed by atoms with van der Waals surface area (Å²) in [6, 6.07) is 10.4. The van der Waals surface area contributed by atoms with Crippen LogP contribution in [0.2, 0.25) is 0 Å². The van der Waals surface area contributed by atoms with Gasteiger partial charge in [0.25, 0.3) is 5.91 Å². The predicted molar refractivity (Wildman–Crippen MR) is 115 cm³/mol. The third-order valence-corrected chi connectivity index (χ3v) is 6.19. The summed E-state index contributed by atoms with van der Waals surface area (Å²) < 4.78 is 5.85. The second-order valence-corrected chi connectivity index (χ2v) is 8.16. The topological polar surface area (TPSA) is 57.7 Å². The van der Waals surface area contributed by atoms with Gasteiger partial charge in [0.15, 0.2) is 0 Å². The van der Waals surface area contributed by atoms with Crippen molar-refractivity contribution in [2.45, 2.75) is 51.2 Å². The van der Waals surface area contributed by atoms with Gasteiger partial charge in [0.2, 0.25) is 0 Å². The van der Waals surface area contributed by atoms with Crippen LogP contribution >= 0.6 is 0 Å². The largest absolute Gasteiger partial charge is 0.371 e. The average molecular weight is 393 g/mol. The number of pyridine rings is 1. The molecule has 0 radical (unpaired) electrons. The molecule has 2 fully saturated rings. The van der Waals surface area contributed by atoms with Crippen LogP contribution in [0.4, 0.5) is 22.9 Å². The first-order valence-corrected chi connectivity index (χ1v) is 10.8. The van der Waals surface area contributed by atoms with Crippen molar-refractivity contribution in [3.05, 3.63) is 42.1 Å². The Balaban J connectivity index is 1.54. The van der Waals surface area contributed by atoms with E-state index in [9.17, 15) is 4.79 Å². The minimum absolute atomic E-state index is 0.0558. The van der Waals surface area contributed by atoms with E-state index in [0.29, 0.717) is 13.2 Å². The molecule has 1 amide bonds. The van der Waals surface area contributed by atoms with Gasteiger partial charge in [0, 0.05) is 37.1 Å². The molecule has 1 aromatic heterocycles. The van der Waals surface area contributed by atoms with Crippen LogP contribution in [0.5, 0.6) is 0 Å². The van der Waals surface area contributed by atoms with Gasteiger partial charge in [0.1, 0.15) is 11.9 Å². The number of piperidine rings is 1. The molecule has 1 N–H and O–H groups in total. The number of carbonyl (C=O) groups is 1. The summed E-state index contributed by atoms with van der Waals surface area (Å²) in [5, 5.41) is 3.46. The van der Waals surface area contributed by atoms with E-state index < -0.39 is 0 Å². The molecule has 0 spiro atoms. The first kappa shape index (κ1) is 18.4. The number of nitrogens with zero attached hydrogens (tertiary/aromatic N) is 3. The number of aromatic nitrogens is 1. The summed E-state index contributed by atoms with van der Waals surface area (Å²) in [5.41, 5.74) is 4.05. The molecule has 0 saturated carbocycles. The van der Waals surface area contributed by atoms with Crippen molar-refractivity contribution in [3.63, 3.8) is 0 Å². The van der Waals surface area contributed by atoms with Gasteiger partial charge in [-0.3, -0.25) is 4.79 Å². The van der Waals surface area contributed by atoms with Crippen molar-refractivity contribution in [2.75, 3.05) is 34.8 Å². The van der Waals surface area contributed by atoms with E-state index >= 15 is 0 Å². The highest BCUT2D eigenvalue weighted by Gasteiger charge is 2.32. The zero-order valence-electron chi connectivity index (χ0n) is 16.8. The van der Waals surface area contributed by atoms with Crippen molar-refractivity contribution in [2.24, 2.45) is 0 Å². The highest BCUT2D eigenvalue weighted by atomic mass is 16.5. The van der Waals surface area contributed by atoms with Crippen molar-refractivity contribution >= 4 is 28.8 Å². The van der Waals surface area contributed by atoms with Crippen molar-refractivity contribution in [3.8, 4) is 0 Å². The summed E-state index contributed by atoms with van der Waals surface area (Å²) in [7, 11) is 0. The van der Waals surface area contributed by atoms with Crippen LogP contribution in [0.15, 0.2) is 36.5 Å². The highest BCUT2D eigenvalue weighted by Crippen LogP contribution is 2.38. The zero-order chi connectivity index (χ0) is 19.6. The second-order valence-electron chi connectivity index (χ2n) is 8.16. The first-order valence-electron chi connectivity index (χ1n) is 10.8. The first-order chi connectivity index (χ1) is 14.3. The molecule has 0 aliphatic carbocycles. The second kappa shape index (κ2) is 8.03. The standard InChI is InChI=1S/C23H28N4O2/c28-23(21-8-2-5-14-29-21)27-16-17-7-6-11-24-22(17)25-19-10-9-18(15-20(19)27)26-12-3-1-4-13-26/h6-7,9-11,15,21H,1-5,8,12-14,16H2,(H,24,25)/t21-/m1/s1. The van der Waals surface area contributed by atoms with Gasteiger partial charge in [0.05, 0.1) is 17.9 Å². The summed E-state index contributed by atoms with van der Waals surface area (Å²) in [6.07, 6.45) is 8.06. The molecule has 6 nitrogen and oxygen atoms in total. The number of hydrogen-bond acceptors (Lipinski definition) is 5. The van der Waals surface area contributed by atoms with Crippen LogP contribution in [-0.2, 0) is 16.1 Å². The molecule has 2 saturated heterocycles. The van der Waals surface area contributed by atoms with Gasteiger partial charge in [-0.15, -0.1) is 0 Å². The molecule has 6 heteroatoms. The molecule has 0 bridgehead atoms. The monoisotopic (exact) mass is 392 g/mol. The maximum atomic E-state index is 13.5. The van der Waals surface area contributed by atoms with Crippen LogP contribution in [0.25, 0.3) is 0 Å². The normalized spacial score (nSPS) is 21.6. The number of hydrogen-bond donors (Lipinski definition) is 1. The number of fused-ring (bicyclic) bond motifs is 2. The third-order valence-electron chi connectivity index (χ3n) is 6.19. The smallest absolute Gasteiger partial charge is 0.256 e. The van der Waals surface area contributed by atoms with Crippen LogP contribution in [0.3, 0.4) is 0 Å². The lowest BCUT2D eigenvalue weighted by Gasteiger charge is -2.32. The Labute approximate surface area is 171 Å².